The largest absolute Gasteiger partial charge is 0.380 e. The van der Waals surface area contributed by atoms with Gasteiger partial charge < -0.3 is 4.74 Å². The third kappa shape index (κ3) is 3.37. The van der Waals surface area contributed by atoms with Gasteiger partial charge >= 0.3 is 0 Å². The summed E-state index contributed by atoms with van der Waals surface area (Å²) in [5, 5.41) is 0.0828. The summed E-state index contributed by atoms with van der Waals surface area (Å²) in [7, 11) is 4.78. The second-order valence-electron chi connectivity index (χ2n) is 4.17. The van der Waals surface area contributed by atoms with Crippen LogP contribution in [0.25, 0.3) is 0 Å². The minimum atomic E-state index is 0.0828. The van der Waals surface area contributed by atoms with Crippen molar-refractivity contribution in [2.45, 2.75) is 51.8 Å². The molecule has 0 aliphatic heterocycles. The molecule has 0 amide bonds. The van der Waals surface area contributed by atoms with Crippen LogP contribution in [-0.4, -0.2) is 18.4 Å². The summed E-state index contributed by atoms with van der Waals surface area (Å²) in [6.07, 6.45) is 6.95. The number of hydrogen-bond acceptors (Lipinski definition) is 1. The van der Waals surface area contributed by atoms with Gasteiger partial charge in [0.15, 0.2) is 0 Å². The minimum Gasteiger partial charge on any atom is -0.380 e. The van der Waals surface area contributed by atoms with Crippen molar-refractivity contribution in [3.63, 3.8) is 0 Å². The molecule has 0 aromatic rings. The van der Waals surface area contributed by atoms with Crippen molar-refractivity contribution in [3.8, 4) is 0 Å². The van der Waals surface area contributed by atoms with Crippen molar-refractivity contribution < 1.29 is 4.74 Å². The van der Waals surface area contributed by atoms with E-state index in [1.54, 1.807) is 0 Å². The average Bonchev–Trinajstić information content (AvgIpc) is 2.14. The average molecular weight is 216 g/mol. The lowest BCUT2D eigenvalue weighted by atomic mass is 9.86. The van der Waals surface area contributed by atoms with E-state index in [1.807, 2.05) is 7.11 Å². The van der Waals surface area contributed by atoms with Crippen molar-refractivity contribution in [2.24, 2.45) is 5.92 Å². The van der Waals surface area contributed by atoms with Crippen molar-refractivity contribution in [2.75, 3.05) is 7.11 Å². The van der Waals surface area contributed by atoms with Gasteiger partial charge in [-0.3, -0.25) is 0 Å². The Balaban J connectivity index is 4.75. The molecule has 0 aromatic heterocycles. The molecule has 0 fully saturated rings. The number of hydrogen-bond donors (Lipinski definition) is 0. The first kappa shape index (κ1) is 14.1. The first-order valence-electron chi connectivity index (χ1n) is 5.48. The highest BCUT2D eigenvalue weighted by Crippen LogP contribution is 2.36. The van der Waals surface area contributed by atoms with Crippen LogP contribution in [0.4, 0.5) is 0 Å². The van der Waals surface area contributed by atoms with Gasteiger partial charge in [0, 0.05) is 12.3 Å². The molecule has 0 aliphatic rings. The predicted molar refractivity (Wildman–Crippen MR) is 67.8 cm³/mol. The van der Waals surface area contributed by atoms with E-state index in [0.717, 1.165) is 6.42 Å². The van der Waals surface area contributed by atoms with Crippen LogP contribution in [0.15, 0.2) is 12.2 Å². The third-order valence-corrected chi connectivity index (χ3v) is 4.08. The first-order valence-corrected chi connectivity index (χ1v) is 6.06. The Morgan fingerprint density at radius 1 is 1.43 bits per heavy atom. The second kappa shape index (κ2) is 6.58. The molecule has 0 saturated heterocycles. The standard InChI is InChI=1S/C12H25OP/c1-6-8-11(13-5)12(14,9-7-2)10(3)4/h7,9-11H,6,8,14H2,1-5H3. The van der Waals surface area contributed by atoms with Gasteiger partial charge in [-0.1, -0.05) is 39.3 Å². The molecule has 3 atom stereocenters. The van der Waals surface area contributed by atoms with Gasteiger partial charge in [0.25, 0.3) is 0 Å². The summed E-state index contributed by atoms with van der Waals surface area (Å²) in [4.78, 5) is 0. The van der Waals surface area contributed by atoms with E-state index < -0.39 is 0 Å². The van der Waals surface area contributed by atoms with Gasteiger partial charge in [-0.2, -0.15) is 0 Å². The Bertz CT molecular complexity index is 177. The number of methoxy groups -OCH3 is 1. The second-order valence-corrected chi connectivity index (χ2v) is 5.17. The van der Waals surface area contributed by atoms with E-state index in [4.69, 9.17) is 4.74 Å². The highest BCUT2D eigenvalue weighted by atomic mass is 31.0. The van der Waals surface area contributed by atoms with E-state index in [1.165, 1.54) is 6.42 Å². The SMILES string of the molecule is CC=CC(P)(C(C)C)C(CCC)OC. The van der Waals surface area contributed by atoms with E-state index in [0.29, 0.717) is 12.0 Å². The Labute approximate surface area is 91.5 Å². The molecule has 0 heterocycles. The molecule has 3 unspecified atom stereocenters. The molecular formula is C12H25OP. The molecule has 2 heteroatoms. The zero-order valence-electron chi connectivity index (χ0n) is 10.2. The molecule has 0 aromatic carbocycles. The predicted octanol–water partition coefficient (Wildman–Crippen LogP) is 3.65. The maximum Gasteiger partial charge on any atom is 0.0698 e. The number of rotatable bonds is 6. The molecule has 0 aliphatic carbocycles. The van der Waals surface area contributed by atoms with Crippen LogP contribution in [0.3, 0.4) is 0 Å². The van der Waals surface area contributed by atoms with Crippen LogP contribution in [0.5, 0.6) is 0 Å². The van der Waals surface area contributed by atoms with Crippen molar-refractivity contribution in [1.29, 1.82) is 0 Å². The fourth-order valence-electron chi connectivity index (χ4n) is 1.79. The van der Waals surface area contributed by atoms with Crippen LogP contribution in [-0.2, 0) is 4.74 Å². The van der Waals surface area contributed by atoms with Crippen LogP contribution < -0.4 is 0 Å². The molecule has 0 saturated carbocycles. The van der Waals surface area contributed by atoms with E-state index in [2.05, 4.69) is 49.1 Å². The smallest absolute Gasteiger partial charge is 0.0698 e. The molecular weight excluding hydrogens is 191 g/mol. The lowest BCUT2D eigenvalue weighted by Crippen LogP contribution is -2.40. The van der Waals surface area contributed by atoms with E-state index in [-0.39, 0.29) is 5.16 Å². The molecule has 0 radical (unpaired) electrons. The Hall–Kier alpha value is 0.130. The Morgan fingerprint density at radius 2 is 2.00 bits per heavy atom. The summed E-state index contributed by atoms with van der Waals surface area (Å²) in [6, 6.07) is 0. The lowest BCUT2D eigenvalue weighted by Gasteiger charge is -2.37. The van der Waals surface area contributed by atoms with Crippen molar-refractivity contribution in [1.82, 2.24) is 0 Å². The van der Waals surface area contributed by atoms with Gasteiger partial charge in [0.2, 0.25) is 0 Å². The van der Waals surface area contributed by atoms with Gasteiger partial charge in [0.05, 0.1) is 6.10 Å². The van der Waals surface area contributed by atoms with Gasteiger partial charge in [0.1, 0.15) is 0 Å². The first-order chi connectivity index (χ1) is 6.52. The number of allylic oxidation sites excluding steroid dienone is 1. The summed E-state index contributed by atoms with van der Waals surface area (Å²) >= 11 is 0. The van der Waals surface area contributed by atoms with Crippen molar-refractivity contribution >= 4 is 9.24 Å². The van der Waals surface area contributed by atoms with Crippen LogP contribution in [0.1, 0.15) is 40.5 Å². The highest BCUT2D eigenvalue weighted by molar-refractivity contribution is 7.19. The Kier molecular flexibility index (Phi) is 6.64. The summed E-state index contributed by atoms with van der Waals surface area (Å²) in [5.74, 6) is 0.570. The van der Waals surface area contributed by atoms with E-state index in [9.17, 15) is 0 Å². The molecule has 84 valence electrons. The maximum atomic E-state index is 5.60. The monoisotopic (exact) mass is 216 g/mol. The number of ether oxygens (including phenoxy) is 1. The Morgan fingerprint density at radius 3 is 2.29 bits per heavy atom. The fourth-order valence-corrected chi connectivity index (χ4v) is 2.29. The molecule has 1 nitrogen and oxygen atoms in total. The maximum absolute atomic E-state index is 5.60. The van der Waals surface area contributed by atoms with Crippen LogP contribution >= 0.6 is 9.24 Å². The molecule has 0 rings (SSSR count). The molecule has 0 N–H and O–H groups in total. The third-order valence-electron chi connectivity index (χ3n) is 2.85. The quantitative estimate of drug-likeness (QED) is 0.486. The van der Waals surface area contributed by atoms with Gasteiger partial charge in [-0.15, -0.1) is 9.24 Å². The summed E-state index contributed by atoms with van der Waals surface area (Å²) < 4.78 is 5.60. The van der Waals surface area contributed by atoms with E-state index >= 15 is 0 Å². The zero-order chi connectivity index (χ0) is 11.2. The van der Waals surface area contributed by atoms with Crippen LogP contribution in [0.2, 0.25) is 0 Å². The topological polar surface area (TPSA) is 9.23 Å². The van der Waals surface area contributed by atoms with Crippen molar-refractivity contribution in [3.05, 3.63) is 12.2 Å². The van der Waals surface area contributed by atoms with Crippen LogP contribution in [0, 0.1) is 5.92 Å². The normalized spacial score (nSPS) is 18.8. The summed E-state index contributed by atoms with van der Waals surface area (Å²) in [6.45, 7) is 8.76. The molecule has 0 spiro atoms. The fraction of sp³-hybridized carbons (Fsp3) is 0.833. The summed E-state index contributed by atoms with van der Waals surface area (Å²) in [5.41, 5.74) is 0. The molecule has 14 heavy (non-hydrogen) atoms. The van der Waals surface area contributed by atoms with Gasteiger partial charge in [-0.05, 0) is 19.3 Å². The minimum absolute atomic E-state index is 0.0828. The lowest BCUT2D eigenvalue weighted by molar-refractivity contribution is 0.0598. The molecule has 0 bridgehead atoms. The van der Waals surface area contributed by atoms with Gasteiger partial charge in [-0.25, -0.2) is 0 Å². The zero-order valence-corrected chi connectivity index (χ0v) is 11.4. The highest BCUT2D eigenvalue weighted by Gasteiger charge is 2.34.